The van der Waals surface area contributed by atoms with Gasteiger partial charge in [-0.05, 0) is 31.2 Å². The first kappa shape index (κ1) is 17.6. The Labute approximate surface area is 149 Å². The van der Waals surface area contributed by atoms with Gasteiger partial charge in [-0.3, -0.25) is 0 Å². The van der Waals surface area contributed by atoms with Crippen LogP contribution in [0.15, 0.2) is 29.2 Å². The molecule has 134 valence electrons. The highest BCUT2D eigenvalue weighted by Gasteiger charge is 2.22. The lowest BCUT2D eigenvalue weighted by molar-refractivity contribution is 0.0690. The minimum atomic E-state index is -3.69. The summed E-state index contributed by atoms with van der Waals surface area (Å²) in [5.41, 5.74) is 1.04. The van der Waals surface area contributed by atoms with Crippen molar-refractivity contribution >= 4 is 38.1 Å². The molecule has 3 rings (SSSR count). The molecule has 1 aromatic heterocycles. The molecule has 1 aliphatic rings. The minimum Gasteiger partial charge on any atom is -0.476 e. The number of aryl methyl sites for hydroxylation is 1. The van der Waals surface area contributed by atoms with E-state index in [0.29, 0.717) is 18.0 Å². The van der Waals surface area contributed by atoms with Crippen molar-refractivity contribution in [1.29, 1.82) is 0 Å². The zero-order valence-electron chi connectivity index (χ0n) is 13.5. The normalized spacial score (nSPS) is 15.4. The first-order chi connectivity index (χ1) is 11.8. The molecule has 0 spiro atoms. The van der Waals surface area contributed by atoms with E-state index in [9.17, 15) is 13.2 Å². The third kappa shape index (κ3) is 3.75. The van der Waals surface area contributed by atoms with Crippen LogP contribution >= 0.6 is 11.3 Å². The number of hydrogen-bond acceptors (Lipinski definition) is 7. The molecule has 1 aromatic carbocycles. The Balaban J connectivity index is 1.67. The summed E-state index contributed by atoms with van der Waals surface area (Å²) < 4.78 is 22.6. The smallest absolute Gasteiger partial charge is 0.355 e. The molecule has 1 fully saturated rings. The molecule has 0 saturated carbocycles. The Hall–Kier alpha value is -2.17. The van der Waals surface area contributed by atoms with E-state index in [1.54, 1.807) is 19.1 Å². The van der Waals surface area contributed by atoms with Gasteiger partial charge in [-0.25, -0.2) is 23.3 Å². The van der Waals surface area contributed by atoms with E-state index in [1.165, 1.54) is 23.5 Å². The fraction of sp³-hybridized carbons (Fsp3) is 0.333. The SMILES string of the molecule is Cc1sc(N2CCN(c3ccc(S(N)(=O)=O)cc3)CC2)nc1C(=O)O. The number of aromatic carboxylic acids is 1. The molecule has 10 heteroatoms. The van der Waals surface area contributed by atoms with Gasteiger partial charge in [0.2, 0.25) is 10.0 Å². The lowest BCUT2D eigenvalue weighted by Gasteiger charge is -2.36. The van der Waals surface area contributed by atoms with Gasteiger partial charge in [0.05, 0.1) is 4.90 Å². The van der Waals surface area contributed by atoms with E-state index in [0.717, 1.165) is 23.9 Å². The average Bonchev–Trinajstić information content (AvgIpc) is 2.96. The molecule has 0 amide bonds. The maximum atomic E-state index is 11.3. The second-order valence-electron chi connectivity index (χ2n) is 5.72. The zero-order valence-corrected chi connectivity index (χ0v) is 15.2. The van der Waals surface area contributed by atoms with Gasteiger partial charge in [0, 0.05) is 36.7 Å². The van der Waals surface area contributed by atoms with E-state index in [1.807, 2.05) is 0 Å². The summed E-state index contributed by atoms with van der Waals surface area (Å²) in [7, 11) is -3.69. The first-order valence-electron chi connectivity index (χ1n) is 7.59. The van der Waals surface area contributed by atoms with Crippen LogP contribution in [0.2, 0.25) is 0 Å². The van der Waals surface area contributed by atoms with Crippen LogP contribution in [-0.2, 0) is 10.0 Å². The molecule has 3 N–H and O–H groups in total. The first-order valence-corrected chi connectivity index (χ1v) is 9.95. The van der Waals surface area contributed by atoms with Crippen molar-refractivity contribution in [3.05, 3.63) is 34.8 Å². The van der Waals surface area contributed by atoms with Crippen LogP contribution < -0.4 is 14.9 Å². The molecular formula is C15H18N4O4S2. The van der Waals surface area contributed by atoms with E-state index in [-0.39, 0.29) is 10.6 Å². The van der Waals surface area contributed by atoms with Crippen molar-refractivity contribution < 1.29 is 18.3 Å². The van der Waals surface area contributed by atoms with Gasteiger partial charge < -0.3 is 14.9 Å². The number of aromatic nitrogens is 1. The number of primary sulfonamides is 1. The molecule has 8 nitrogen and oxygen atoms in total. The Morgan fingerprint density at radius 3 is 2.20 bits per heavy atom. The third-order valence-corrected chi connectivity index (χ3v) is 6.03. The number of benzene rings is 1. The second-order valence-corrected chi connectivity index (χ2v) is 8.46. The summed E-state index contributed by atoms with van der Waals surface area (Å²) in [4.78, 5) is 20.3. The number of carboxylic acid groups (broad SMARTS) is 1. The van der Waals surface area contributed by atoms with Crippen molar-refractivity contribution in [3.63, 3.8) is 0 Å². The van der Waals surface area contributed by atoms with Gasteiger partial charge in [-0.2, -0.15) is 0 Å². The fourth-order valence-electron chi connectivity index (χ4n) is 2.72. The molecule has 0 unspecified atom stereocenters. The van der Waals surface area contributed by atoms with Gasteiger partial charge in [0.1, 0.15) is 0 Å². The van der Waals surface area contributed by atoms with Crippen molar-refractivity contribution in [2.45, 2.75) is 11.8 Å². The van der Waals surface area contributed by atoms with Gasteiger partial charge >= 0.3 is 5.97 Å². The highest BCUT2D eigenvalue weighted by atomic mass is 32.2. The molecule has 0 aliphatic carbocycles. The minimum absolute atomic E-state index is 0.0920. The van der Waals surface area contributed by atoms with E-state index >= 15 is 0 Å². The number of piperazine rings is 1. The standard InChI is InChI=1S/C15H18N4O4S2/c1-10-13(14(20)21)17-15(24-10)19-8-6-18(7-9-19)11-2-4-12(5-3-11)25(16,22)23/h2-5H,6-9H2,1H3,(H,20,21)(H2,16,22,23). The van der Waals surface area contributed by atoms with Crippen molar-refractivity contribution in [2.75, 3.05) is 36.0 Å². The number of hydrogen-bond donors (Lipinski definition) is 2. The summed E-state index contributed by atoms with van der Waals surface area (Å²) in [5, 5.41) is 14.9. The maximum Gasteiger partial charge on any atom is 0.355 e. The molecule has 0 atom stereocenters. The number of sulfonamides is 1. The molecule has 25 heavy (non-hydrogen) atoms. The monoisotopic (exact) mass is 382 g/mol. The highest BCUT2D eigenvalue weighted by Crippen LogP contribution is 2.27. The summed E-state index contributed by atoms with van der Waals surface area (Å²) in [6.07, 6.45) is 0. The van der Waals surface area contributed by atoms with E-state index in [2.05, 4.69) is 14.8 Å². The molecule has 0 bridgehead atoms. The van der Waals surface area contributed by atoms with Gasteiger partial charge in [-0.15, -0.1) is 11.3 Å². The molecule has 1 aliphatic heterocycles. The van der Waals surface area contributed by atoms with E-state index < -0.39 is 16.0 Å². The molecule has 0 radical (unpaired) electrons. The molecule has 2 aromatic rings. The maximum absolute atomic E-state index is 11.3. The Morgan fingerprint density at radius 1 is 1.16 bits per heavy atom. The number of carbonyl (C=O) groups is 1. The van der Waals surface area contributed by atoms with Crippen LogP contribution in [0.1, 0.15) is 15.4 Å². The number of anilines is 2. The van der Waals surface area contributed by atoms with E-state index in [4.69, 9.17) is 10.2 Å². The largest absolute Gasteiger partial charge is 0.476 e. The average molecular weight is 382 g/mol. The predicted molar refractivity (Wildman–Crippen MR) is 96.1 cm³/mol. The van der Waals surface area contributed by atoms with Crippen molar-refractivity contribution in [3.8, 4) is 0 Å². The molecule has 2 heterocycles. The third-order valence-electron chi connectivity index (χ3n) is 4.07. The molecular weight excluding hydrogens is 364 g/mol. The summed E-state index contributed by atoms with van der Waals surface area (Å²) in [6.45, 7) is 4.64. The van der Waals surface area contributed by atoms with Crippen LogP contribution in [0, 0.1) is 6.92 Å². The quantitative estimate of drug-likeness (QED) is 0.814. The Bertz CT molecular complexity index is 885. The Morgan fingerprint density at radius 2 is 1.72 bits per heavy atom. The van der Waals surface area contributed by atoms with Gasteiger partial charge in [-0.1, -0.05) is 0 Å². The number of carboxylic acids is 1. The Kier molecular flexibility index (Phi) is 4.67. The summed E-state index contributed by atoms with van der Waals surface area (Å²) in [6, 6.07) is 6.48. The number of rotatable bonds is 4. The number of nitrogens with two attached hydrogens (primary N) is 1. The van der Waals surface area contributed by atoms with Crippen LogP contribution in [-0.4, -0.2) is 50.7 Å². The lowest BCUT2D eigenvalue weighted by atomic mass is 10.2. The second kappa shape index (κ2) is 6.62. The lowest BCUT2D eigenvalue weighted by Crippen LogP contribution is -2.46. The summed E-state index contributed by atoms with van der Waals surface area (Å²) >= 11 is 1.39. The van der Waals surface area contributed by atoms with Crippen LogP contribution in [0.25, 0.3) is 0 Å². The number of nitrogens with zero attached hydrogens (tertiary/aromatic N) is 3. The van der Waals surface area contributed by atoms with Gasteiger partial charge in [0.15, 0.2) is 10.8 Å². The van der Waals surface area contributed by atoms with Crippen LogP contribution in [0.5, 0.6) is 0 Å². The highest BCUT2D eigenvalue weighted by molar-refractivity contribution is 7.89. The van der Waals surface area contributed by atoms with Crippen molar-refractivity contribution in [2.24, 2.45) is 5.14 Å². The van der Waals surface area contributed by atoms with Gasteiger partial charge in [0.25, 0.3) is 0 Å². The van der Waals surface area contributed by atoms with Crippen LogP contribution in [0.3, 0.4) is 0 Å². The molecule has 1 saturated heterocycles. The zero-order chi connectivity index (χ0) is 18.2. The summed E-state index contributed by atoms with van der Waals surface area (Å²) in [5.74, 6) is -1.01. The topological polar surface area (TPSA) is 117 Å². The van der Waals surface area contributed by atoms with Crippen LogP contribution in [0.4, 0.5) is 10.8 Å². The number of thiazole rings is 1. The van der Waals surface area contributed by atoms with Crippen molar-refractivity contribution in [1.82, 2.24) is 4.98 Å². The predicted octanol–water partition coefficient (Wildman–Crippen LogP) is 1.12. The fourth-order valence-corrected chi connectivity index (χ4v) is 4.19.